The normalized spacial score (nSPS) is 12.3. The Morgan fingerprint density at radius 3 is 2.68 bits per heavy atom. The van der Waals surface area contributed by atoms with E-state index in [4.69, 9.17) is 11.6 Å². The summed E-state index contributed by atoms with van der Waals surface area (Å²) in [6.45, 7) is 2.06. The predicted octanol–water partition coefficient (Wildman–Crippen LogP) is 4.70. The third-order valence-electron chi connectivity index (χ3n) is 3.74. The van der Waals surface area contributed by atoms with Gasteiger partial charge in [-0.2, -0.15) is 0 Å². The fraction of sp³-hybridized carbons (Fsp3) is 0.167. The molecular formula is C18H17ClN2O. The molecule has 1 heterocycles. The molecule has 0 aliphatic heterocycles. The van der Waals surface area contributed by atoms with Gasteiger partial charge in [0, 0.05) is 15.9 Å². The van der Waals surface area contributed by atoms with Crippen LogP contribution in [0.25, 0.3) is 10.9 Å². The lowest BCUT2D eigenvalue weighted by Crippen LogP contribution is -2.28. The number of rotatable bonds is 4. The lowest BCUT2D eigenvalue weighted by Gasteiger charge is -2.16. The van der Waals surface area contributed by atoms with Crippen molar-refractivity contribution in [1.29, 1.82) is 0 Å². The molecule has 0 saturated heterocycles. The standard InChI is InChI=1S/C18H17ClN2O/c1-2-15(12-6-4-3-5-7-12)21-18(22)17-11-13-10-14(19)8-9-16(13)20-17/h3-11,15,20H,2H2,1H3,(H,21,22). The molecule has 0 aliphatic rings. The largest absolute Gasteiger partial charge is 0.351 e. The molecule has 22 heavy (non-hydrogen) atoms. The van der Waals surface area contributed by atoms with Gasteiger partial charge < -0.3 is 10.3 Å². The second-order valence-electron chi connectivity index (χ2n) is 5.26. The van der Waals surface area contributed by atoms with Gasteiger partial charge in [-0.3, -0.25) is 4.79 Å². The molecule has 3 aromatic rings. The summed E-state index contributed by atoms with van der Waals surface area (Å²) in [6, 6.07) is 17.3. The first kappa shape index (κ1) is 14.7. The number of aromatic nitrogens is 1. The second kappa shape index (κ2) is 6.24. The zero-order chi connectivity index (χ0) is 15.5. The molecule has 0 aliphatic carbocycles. The molecule has 3 rings (SSSR count). The van der Waals surface area contributed by atoms with Crippen LogP contribution in [0, 0.1) is 0 Å². The smallest absolute Gasteiger partial charge is 0.268 e. The van der Waals surface area contributed by atoms with E-state index in [-0.39, 0.29) is 11.9 Å². The van der Waals surface area contributed by atoms with Crippen LogP contribution >= 0.6 is 11.6 Å². The minimum atomic E-state index is -0.108. The van der Waals surface area contributed by atoms with Crippen molar-refractivity contribution in [3.8, 4) is 0 Å². The second-order valence-corrected chi connectivity index (χ2v) is 5.70. The highest BCUT2D eigenvalue weighted by molar-refractivity contribution is 6.31. The number of nitrogens with one attached hydrogen (secondary N) is 2. The van der Waals surface area contributed by atoms with E-state index in [0.29, 0.717) is 10.7 Å². The summed E-state index contributed by atoms with van der Waals surface area (Å²) in [5.74, 6) is -0.108. The third kappa shape index (κ3) is 3.00. The summed E-state index contributed by atoms with van der Waals surface area (Å²) < 4.78 is 0. The van der Waals surface area contributed by atoms with Crippen molar-refractivity contribution in [3.63, 3.8) is 0 Å². The zero-order valence-electron chi connectivity index (χ0n) is 12.3. The SMILES string of the molecule is CCC(NC(=O)c1cc2cc(Cl)ccc2[nH]1)c1ccccc1. The van der Waals surface area contributed by atoms with Gasteiger partial charge in [0.25, 0.3) is 5.91 Å². The van der Waals surface area contributed by atoms with Crippen molar-refractivity contribution >= 4 is 28.4 Å². The van der Waals surface area contributed by atoms with E-state index < -0.39 is 0 Å². The molecule has 1 amide bonds. The quantitative estimate of drug-likeness (QED) is 0.720. The Kier molecular flexibility index (Phi) is 4.16. The van der Waals surface area contributed by atoms with Gasteiger partial charge in [0.15, 0.2) is 0 Å². The van der Waals surface area contributed by atoms with Crippen LogP contribution in [-0.4, -0.2) is 10.9 Å². The van der Waals surface area contributed by atoms with Crippen LogP contribution in [-0.2, 0) is 0 Å². The topological polar surface area (TPSA) is 44.9 Å². The van der Waals surface area contributed by atoms with Crippen molar-refractivity contribution < 1.29 is 4.79 Å². The number of fused-ring (bicyclic) bond motifs is 1. The molecule has 0 spiro atoms. The van der Waals surface area contributed by atoms with Crippen molar-refractivity contribution in [1.82, 2.24) is 10.3 Å². The van der Waals surface area contributed by atoms with Gasteiger partial charge in [-0.15, -0.1) is 0 Å². The number of halogens is 1. The fourth-order valence-electron chi connectivity index (χ4n) is 2.57. The number of amides is 1. The first-order chi connectivity index (χ1) is 10.7. The monoisotopic (exact) mass is 312 g/mol. The van der Waals surface area contributed by atoms with Crippen LogP contribution in [0.2, 0.25) is 5.02 Å². The zero-order valence-corrected chi connectivity index (χ0v) is 13.0. The summed E-state index contributed by atoms with van der Waals surface area (Å²) in [4.78, 5) is 15.6. The number of hydrogen-bond donors (Lipinski definition) is 2. The number of carbonyl (C=O) groups is 1. The molecule has 1 aromatic heterocycles. The van der Waals surface area contributed by atoms with Crippen LogP contribution in [0.1, 0.15) is 35.4 Å². The van der Waals surface area contributed by atoms with E-state index in [0.717, 1.165) is 22.9 Å². The van der Waals surface area contributed by atoms with Gasteiger partial charge in [-0.25, -0.2) is 0 Å². The summed E-state index contributed by atoms with van der Waals surface area (Å²) >= 11 is 5.98. The van der Waals surface area contributed by atoms with Crippen LogP contribution in [0.15, 0.2) is 54.6 Å². The van der Waals surface area contributed by atoms with Crippen molar-refractivity contribution in [3.05, 3.63) is 70.9 Å². The van der Waals surface area contributed by atoms with E-state index >= 15 is 0 Å². The Bertz CT molecular complexity index is 795. The summed E-state index contributed by atoms with van der Waals surface area (Å²) in [6.07, 6.45) is 0.835. The van der Waals surface area contributed by atoms with E-state index in [1.807, 2.05) is 48.5 Å². The molecule has 3 nitrogen and oxygen atoms in total. The average Bonchev–Trinajstić information content (AvgIpc) is 2.96. The minimum absolute atomic E-state index is 0.00343. The summed E-state index contributed by atoms with van der Waals surface area (Å²) in [7, 11) is 0. The molecule has 1 atom stereocenters. The number of carbonyl (C=O) groups excluding carboxylic acids is 1. The molecule has 2 N–H and O–H groups in total. The molecule has 2 aromatic carbocycles. The van der Waals surface area contributed by atoms with Gasteiger partial charge in [-0.05, 0) is 36.2 Å². The summed E-state index contributed by atoms with van der Waals surface area (Å²) in [5, 5.41) is 4.67. The molecule has 4 heteroatoms. The number of H-pyrrole nitrogens is 1. The van der Waals surface area contributed by atoms with Gasteiger partial charge >= 0.3 is 0 Å². The molecule has 0 radical (unpaired) electrons. The van der Waals surface area contributed by atoms with E-state index in [1.54, 1.807) is 6.07 Å². The maximum absolute atomic E-state index is 12.5. The lowest BCUT2D eigenvalue weighted by molar-refractivity contribution is 0.0931. The summed E-state index contributed by atoms with van der Waals surface area (Å²) in [5.41, 5.74) is 2.56. The fourth-order valence-corrected chi connectivity index (χ4v) is 2.75. The van der Waals surface area contributed by atoms with Gasteiger partial charge in [-0.1, -0.05) is 48.9 Å². The van der Waals surface area contributed by atoms with Gasteiger partial charge in [0.05, 0.1) is 6.04 Å². The minimum Gasteiger partial charge on any atom is -0.351 e. The van der Waals surface area contributed by atoms with Crippen LogP contribution in [0.3, 0.4) is 0 Å². The molecule has 0 fully saturated rings. The number of aromatic amines is 1. The maximum Gasteiger partial charge on any atom is 0.268 e. The van der Waals surface area contributed by atoms with E-state index in [9.17, 15) is 4.79 Å². The molecule has 0 bridgehead atoms. The van der Waals surface area contributed by atoms with E-state index in [2.05, 4.69) is 17.2 Å². The highest BCUT2D eigenvalue weighted by Crippen LogP contribution is 2.21. The molecule has 1 unspecified atom stereocenters. The van der Waals surface area contributed by atoms with Crippen molar-refractivity contribution in [2.45, 2.75) is 19.4 Å². The van der Waals surface area contributed by atoms with Gasteiger partial charge in [0.2, 0.25) is 0 Å². The van der Waals surface area contributed by atoms with Crippen molar-refractivity contribution in [2.24, 2.45) is 0 Å². The van der Waals surface area contributed by atoms with Gasteiger partial charge in [0.1, 0.15) is 5.69 Å². The predicted molar refractivity (Wildman–Crippen MR) is 90.2 cm³/mol. The molecular weight excluding hydrogens is 296 g/mol. The Hall–Kier alpha value is -2.26. The molecule has 112 valence electrons. The van der Waals surface area contributed by atoms with Crippen LogP contribution in [0.4, 0.5) is 0 Å². The van der Waals surface area contributed by atoms with Crippen LogP contribution < -0.4 is 5.32 Å². The lowest BCUT2D eigenvalue weighted by atomic mass is 10.0. The highest BCUT2D eigenvalue weighted by Gasteiger charge is 2.15. The first-order valence-electron chi connectivity index (χ1n) is 7.31. The Morgan fingerprint density at radius 2 is 1.95 bits per heavy atom. The Balaban J connectivity index is 1.83. The number of benzene rings is 2. The molecule has 0 saturated carbocycles. The maximum atomic E-state index is 12.5. The van der Waals surface area contributed by atoms with Crippen molar-refractivity contribution in [2.75, 3.05) is 0 Å². The first-order valence-corrected chi connectivity index (χ1v) is 7.69. The Morgan fingerprint density at radius 1 is 1.18 bits per heavy atom. The average molecular weight is 313 g/mol. The Labute approximate surface area is 134 Å². The van der Waals surface area contributed by atoms with E-state index in [1.165, 1.54) is 0 Å². The highest BCUT2D eigenvalue weighted by atomic mass is 35.5. The third-order valence-corrected chi connectivity index (χ3v) is 3.98. The number of hydrogen-bond acceptors (Lipinski definition) is 1. The van der Waals surface area contributed by atoms with Crippen LogP contribution in [0.5, 0.6) is 0 Å².